The summed E-state index contributed by atoms with van der Waals surface area (Å²) in [7, 11) is 0. The Bertz CT molecular complexity index is 1620. The molecule has 0 aliphatic carbocycles. The van der Waals surface area contributed by atoms with E-state index in [1.165, 1.54) is 40.9 Å². The highest BCUT2D eigenvalue weighted by Gasteiger charge is 2.33. The molecular formula is C36H43N7O2. The summed E-state index contributed by atoms with van der Waals surface area (Å²) < 4.78 is 0. The van der Waals surface area contributed by atoms with Gasteiger partial charge in [-0.05, 0) is 68.3 Å². The number of piperazine rings is 1. The van der Waals surface area contributed by atoms with E-state index in [4.69, 9.17) is 4.98 Å². The van der Waals surface area contributed by atoms with Crippen molar-refractivity contribution in [1.82, 2.24) is 20.5 Å². The Morgan fingerprint density at radius 2 is 1.98 bits per heavy atom. The number of benzene rings is 2. The molecule has 3 aliphatic heterocycles. The SMILES string of the molecule is C=CC(=O)N1CCN(c2cc(C(=O)NCC[C@@H]3CCCCN3)nc3c2CCN(c2cccc4cccc(C)c24)C3)C[C@@H]1CC#N. The van der Waals surface area contributed by atoms with Gasteiger partial charge in [0.05, 0.1) is 30.8 Å². The highest BCUT2D eigenvalue weighted by Crippen LogP contribution is 2.36. The zero-order valence-electron chi connectivity index (χ0n) is 26.2. The van der Waals surface area contributed by atoms with Crippen molar-refractivity contribution in [3.05, 3.63) is 77.6 Å². The fraction of sp³-hybridized carbons (Fsp3) is 0.444. The minimum atomic E-state index is -0.253. The molecule has 45 heavy (non-hydrogen) atoms. The molecule has 2 fully saturated rings. The van der Waals surface area contributed by atoms with E-state index in [2.05, 4.69) is 76.4 Å². The van der Waals surface area contributed by atoms with Gasteiger partial charge in [0.25, 0.3) is 5.91 Å². The van der Waals surface area contributed by atoms with Crippen molar-refractivity contribution in [3.63, 3.8) is 0 Å². The fourth-order valence-corrected chi connectivity index (χ4v) is 7.27. The number of amides is 2. The number of aryl methyl sites for hydroxylation is 1. The predicted octanol–water partition coefficient (Wildman–Crippen LogP) is 4.48. The molecule has 3 aliphatic rings. The first-order valence-corrected chi connectivity index (χ1v) is 16.3. The van der Waals surface area contributed by atoms with Crippen LogP contribution in [0.4, 0.5) is 11.4 Å². The number of piperidine rings is 1. The van der Waals surface area contributed by atoms with E-state index >= 15 is 0 Å². The Labute approximate surface area is 265 Å². The normalized spacial score (nSPS) is 20.0. The standard InChI is InChI=1S/C36H43N7O2/c1-3-34(44)43-21-20-42(23-28(43)13-16-37)33-22-30(36(45)39-18-14-27-11-4-5-17-38-27)40-31-24-41(19-15-29(31)33)32-12-7-10-26-9-6-8-25(2)35(26)32/h3,6-10,12,22,27-28,38H,1,4-5,11,13-15,17-21,23-24H2,2H3,(H,39,45)/t27-,28-/m0/s1. The second-order valence-electron chi connectivity index (χ2n) is 12.5. The van der Waals surface area contributed by atoms with Crippen LogP contribution >= 0.6 is 0 Å². The van der Waals surface area contributed by atoms with Gasteiger partial charge in [-0.1, -0.05) is 43.3 Å². The lowest BCUT2D eigenvalue weighted by Gasteiger charge is -2.43. The average molecular weight is 606 g/mol. The van der Waals surface area contributed by atoms with Crippen LogP contribution in [0.3, 0.4) is 0 Å². The van der Waals surface area contributed by atoms with Crippen molar-refractivity contribution in [3.8, 4) is 6.07 Å². The molecule has 2 N–H and O–H groups in total. The molecule has 0 saturated carbocycles. The first kappa shape index (κ1) is 30.6. The molecule has 2 aromatic carbocycles. The third-order valence-electron chi connectivity index (χ3n) is 9.62. The van der Waals surface area contributed by atoms with Crippen molar-refractivity contribution in [1.29, 1.82) is 5.26 Å². The number of nitriles is 1. The number of carbonyl (C=O) groups is 2. The van der Waals surface area contributed by atoms with Crippen LogP contribution < -0.4 is 20.4 Å². The molecule has 0 spiro atoms. The second-order valence-corrected chi connectivity index (χ2v) is 12.5. The van der Waals surface area contributed by atoms with Crippen molar-refractivity contribution in [2.45, 2.75) is 64.1 Å². The molecule has 3 aromatic rings. The Hall–Kier alpha value is -4.42. The van der Waals surface area contributed by atoms with Gasteiger partial charge in [-0.25, -0.2) is 4.98 Å². The molecule has 0 bridgehead atoms. The van der Waals surface area contributed by atoms with Gasteiger partial charge in [0.2, 0.25) is 5.91 Å². The van der Waals surface area contributed by atoms with E-state index in [0.29, 0.717) is 44.5 Å². The third kappa shape index (κ3) is 6.52. The Balaban J connectivity index is 1.31. The van der Waals surface area contributed by atoms with Gasteiger partial charge in [-0.15, -0.1) is 0 Å². The lowest BCUT2D eigenvalue weighted by Crippen LogP contribution is -2.55. The zero-order valence-corrected chi connectivity index (χ0v) is 26.2. The van der Waals surface area contributed by atoms with Crippen molar-refractivity contribution in [2.24, 2.45) is 0 Å². The summed E-state index contributed by atoms with van der Waals surface area (Å²) in [6.07, 6.45) is 6.82. The molecule has 9 heteroatoms. The van der Waals surface area contributed by atoms with E-state index in [-0.39, 0.29) is 24.3 Å². The molecular weight excluding hydrogens is 562 g/mol. The van der Waals surface area contributed by atoms with Gasteiger partial charge in [-0.2, -0.15) is 5.26 Å². The van der Waals surface area contributed by atoms with Gasteiger partial charge in [-0.3, -0.25) is 9.59 Å². The van der Waals surface area contributed by atoms with Gasteiger partial charge < -0.3 is 25.3 Å². The smallest absolute Gasteiger partial charge is 0.269 e. The van der Waals surface area contributed by atoms with Gasteiger partial charge >= 0.3 is 0 Å². The van der Waals surface area contributed by atoms with Gasteiger partial charge in [0.15, 0.2) is 0 Å². The summed E-state index contributed by atoms with van der Waals surface area (Å²) >= 11 is 0. The van der Waals surface area contributed by atoms with Gasteiger partial charge in [0, 0.05) is 61.1 Å². The molecule has 2 saturated heterocycles. The van der Waals surface area contributed by atoms with Crippen LogP contribution in [-0.4, -0.2) is 73.1 Å². The lowest BCUT2D eigenvalue weighted by molar-refractivity contribution is -0.128. The molecule has 4 heterocycles. The Morgan fingerprint density at radius 1 is 1.13 bits per heavy atom. The fourth-order valence-electron chi connectivity index (χ4n) is 7.27. The number of carbonyl (C=O) groups excluding carboxylic acids is 2. The number of rotatable bonds is 8. The van der Waals surface area contributed by atoms with E-state index in [1.54, 1.807) is 4.90 Å². The van der Waals surface area contributed by atoms with E-state index in [9.17, 15) is 14.9 Å². The maximum absolute atomic E-state index is 13.6. The highest BCUT2D eigenvalue weighted by atomic mass is 16.2. The number of aromatic nitrogens is 1. The summed E-state index contributed by atoms with van der Waals surface area (Å²) in [6, 6.07) is 17.2. The maximum Gasteiger partial charge on any atom is 0.269 e. The number of hydrogen-bond donors (Lipinski definition) is 2. The Kier molecular flexibility index (Phi) is 9.31. The molecule has 234 valence electrons. The van der Waals surface area contributed by atoms with Crippen LogP contribution in [0.25, 0.3) is 10.8 Å². The molecule has 6 rings (SSSR count). The van der Waals surface area contributed by atoms with Crippen LogP contribution in [-0.2, 0) is 17.8 Å². The van der Waals surface area contributed by atoms with E-state index < -0.39 is 0 Å². The van der Waals surface area contributed by atoms with Crippen molar-refractivity contribution in [2.75, 3.05) is 49.1 Å². The minimum Gasteiger partial charge on any atom is -0.367 e. The zero-order chi connectivity index (χ0) is 31.3. The van der Waals surface area contributed by atoms with E-state index in [0.717, 1.165) is 49.3 Å². The first-order valence-electron chi connectivity index (χ1n) is 16.3. The van der Waals surface area contributed by atoms with Crippen LogP contribution in [0.2, 0.25) is 0 Å². The monoisotopic (exact) mass is 605 g/mol. The third-order valence-corrected chi connectivity index (χ3v) is 9.62. The van der Waals surface area contributed by atoms with Gasteiger partial charge in [0.1, 0.15) is 5.69 Å². The molecule has 0 unspecified atom stereocenters. The topological polar surface area (TPSA) is 105 Å². The predicted molar refractivity (Wildman–Crippen MR) is 178 cm³/mol. The molecule has 0 radical (unpaired) electrons. The summed E-state index contributed by atoms with van der Waals surface area (Å²) in [5.74, 6) is -0.317. The number of hydrogen-bond acceptors (Lipinski definition) is 7. The second kappa shape index (κ2) is 13.7. The summed E-state index contributed by atoms with van der Waals surface area (Å²) in [5, 5.41) is 18.7. The van der Waals surface area contributed by atoms with Crippen molar-refractivity contribution >= 4 is 34.0 Å². The molecule has 2 amide bonds. The van der Waals surface area contributed by atoms with Crippen LogP contribution in [0.1, 0.15) is 59.4 Å². The lowest BCUT2D eigenvalue weighted by atomic mass is 9.97. The quantitative estimate of drug-likeness (QED) is 0.365. The van der Waals surface area contributed by atoms with Crippen molar-refractivity contribution < 1.29 is 9.59 Å². The summed E-state index contributed by atoms with van der Waals surface area (Å²) in [6.45, 7) is 10.5. The summed E-state index contributed by atoms with van der Waals surface area (Å²) in [5.41, 5.74) is 5.87. The maximum atomic E-state index is 13.6. The number of fused-ring (bicyclic) bond motifs is 2. The summed E-state index contributed by atoms with van der Waals surface area (Å²) in [4.78, 5) is 37.5. The number of nitrogens with one attached hydrogen (secondary N) is 2. The minimum absolute atomic E-state index is 0.153. The molecule has 2 atom stereocenters. The average Bonchev–Trinajstić information content (AvgIpc) is 3.07. The first-order chi connectivity index (χ1) is 22.0. The number of anilines is 2. The molecule has 9 nitrogen and oxygen atoms in total. The highest BCUT2D eigenvalue weighted by molar-refractivity contribution is 5.97. The van der Waals surface area contributed by atoms with Crippen LogP contribution in [0, 0.1) is 18.3 Å². The van der Waals surface area contributed by atoms with E-state index in [1.807, 2.05) is 6.07 Å². The number of pyridine rings is 1. The van der Waals surface area contributed by atoms with Crippen LogP contribution in [0.5, 0.6) is 0 Å². The molecule has 1 aromatic heterocycles. The number of nitrogens with zero attached hydrogens (tertiary/aromatic N) is 5. The largest absolute Gasteiger partial charge is 0.367 e. The van der Waals surface area contributed by atoms with Crippen LogP contribution in [0.15, 0.2) is 55.1 Å². The Morgan fingerprint density at radius 3 is 2.76 bits per heavy atom.